The molecule has 348 valence electrons. The molecule has 4 aromatic rings. The number of carboxylic acids is 1. The van der Waals surface area contributed by atoms with Crippen LogP contribution in [0.4, 0.5) is 11.4 Å². The van der Waals surface area contributed by atoms with Crippen molar-refractivity contribution in [3.8, 4) is 0 Å². The molecule has 0 saturated heterocycles. The van der Waals surface area contributed by atoms with Crippen molar-refractivity contribution in [2.45, 2.75) is 94.2 Å². The van der Waals surface area contributed by atoms with Gasteiger partial charge in [0, 0.05) is 61.5 Å². The summed E-state index contributed by atoms with van der Waals surface area (Å²) in [5, 5.41) is 8.86. The second-order valence-corrected chi connectivity index (χ2v) is 17.5. The SMILES string of the molecule is CC(C)(C)C(=O)OCI.Cc1ccc(C=O)c(N(CCCC(=O)O)Cc2ccccc2)c1.Cc1ccc(C=O)c(N(CCCC(=O)OCOC(=O)C(C)(C)C)Cc2ccccc2)c1.Cl. The van der Waals surface area contributed by atoms with Crippen molar-refractivity contribution in [2.75, 3.05) is 34.3 Å². The molecule has 64 heavy (non-hydrogen) atoms. The summed E-state index contributed by atoms with van der Waals surface area (Å²) in [6, 6.07) is 31.3. The summed E-state index contributed by atoms with van der Waals surface area (Å²) >= 11 is 2.00. The smallest absolute Gasteiger partial charge is 0.314 e. The van der Waals surface area contributed by atoms with Crippen molar-refractivity contribution in [3.05, 3.63) is 130 Å². The normalized spacial score (nSPS) is 10.6. The third-order valence-corrected chi connectivity index (χ3v) is 9.50. The fourth-order valence-corrected chi connectivity index (χ4v) is 6.05. The van der Waals surface area contributed by atoms with Gasteiger partial charge >= 0.3 is 23.9 Å². The molecule has 0 aliphatic carbocycles. The highest BCUT2D eigenvalue weighted by Crippen LogP contribution is 2.25. The summed E-state index contributed by atoms with van der Waals surface area (Å²) in [7, 11) is 0. The summed E-state index contributed by atoms with van der Waals surface area (Å²) < 4.78 is 15.2. The Bertz CT molecular complexity index is 2070. The number of carbonyl (C=O) groups excluding carboxylic acids is 5. The van der Waals surface area contributed by atoms with Crippen molar-refractivity contribution in [3.63, 3.8) is 0 Å². The van der Waals surface area contributed by atoms with Crippen molar-refractivity contribution in [1.29, 1.82) is 0 Å². The second-order valence-electron chi connectivity index (χ2n) is 16.9. The first-order valence-electron chi connectivity index (χ1n) is 20.8. The third kappa shape index (κ3) is 21.9. The van der Waals surface area contributed by atoms with Gasteiger partial charge in [0.1, 0.15) is 4.61 Å². The molecule has 0 radical (unpaired) electrons. The molecule has 12 nitrogen and oxygen atoms in total. The van der Waals surface area contributed by atoms with Crippen LogP contribution < -0.4 is 9.80 Å². The Balaban J connectivity index is 0.000000544. The Labute approximate surface area is 398 Å². The van der Waals surface area contributed by atoms with Crippen molar-refractivity contribution in [2.24, 2.45) is 10.8 Å². The van der Waals surface area contributed by atoms with Gasteiger partial charge in [-0.05, 0) is 137 Å². The number of nitrogens with zero attached hydrogens (tertiary/aromatic N) is 2. The van der Waals surface area contributed by atoms with Gasteiger partial charge in [0.15, 0.2) is 12.6 Å². The molecule has 0 spiro atoms. The van der Waals surface area contributed by atoms with Crippen LogP contribution in [0.2, 0.25) is 0 Å². The molecule has 0 aliphatic rings. The maximum atomic E-state index is 12.0. The maximum Gasteiger partial charge on any atom is 0.314 e. The van der Waals surface area contributed by atoms with Gasteiger partial charge in [0.2, 0.25) is 6.79 Å². The molecule has 0 unspecified atom stereocenters. The van der Waals surface area contributed by atoms with E-state index in [1.165, 1.54) is 0 Å². The van der Waals surface area contributed by atoms with Crippen molar-refractivity contribution in [1.82, 2.24) is 0 Å². The zero-order chi connectivity index (χ0) is 47.0. The molecule has 0 fully saturated rings. The summed E-state index contributed by atoms with van der Waals surface area (Å²) in [5.74, 6) is -1.79. The first-order chi connectivity index (χ1) is 29.8. The molecule has 0 atom stereocenters. The number of halogens is 2. The number of carboxylic acid groups (broad SMARTS) is 1. The lowest BCUT2D eigenvalue weighted by Gasteiger charge is -2.26. The Kier molecular flexibility index (Phi) is 25.9. The van der Waals surface area contributed by atoms with Crippen LogP contribution in [0.3, 0.4) is 0 Å². The Morgan fingerprint density at radius 1 is 0.609 bits per heavy atom. The molecule has 4 rings (SSSR count). The van der Waals surface area contributed by atoms with E-state index < -0.39 is 23.3 Å². The zero-order valence-corrected chi connectivity index (χ0v) is 41.2. The quantitative estimate of drug-likeness (QED) is 0.0312. The molecule has 0 saturated carbocycles. The number of ether oxygens (including phenoxy) is 3. The van der Waals surface area contributed by atoms with Crippen LogP contribution in [0.25, 0.3) is 0 Å². The van der Waals surface area contributed by atoms with Crippen LogP contribution >= 0.6 is 35.0 Å². The van der Waals surface area contributed by atoms with E-state index in [-0.39, 0.29) is 43.4 Å². The highest BCUT2D eigenvalue weighted by Gasteiger charge is 2.24. The second kappa shape index (κ2) is 29.2. The highest BCUT2D eigenvalue weighted by molar-refractivity contribution is 14.1. The highest BCUT2D eigenvalue weighted by atomic mass is 127. The third-order valence-electron chi connectivity index (χ3n) is 9.19. The molecule has 0 aromatic heterocycles. The predicted molar refractivity (Wildman–Crippen MR) is 262 cm³/mol. The number of aryl methyl sites for hydroxylation is 2. The topological polar surface area (TPSA) is 157 Å². The Morgan fingerprint density at radius 3 is 1.38 bits per heavy atom. The number of esters is 3. The first-order valence-corrected chi connectivity index (χ1v) is 22.3. The van der Waals surface area contributed by atoms with E-state index in [4.69, 9.17) is 19.3 Å². The van der Waals surface area contributed by atoms with E-state index in [0.29, 0.717) is 54.8 Å². The van der Waals surface area contributed by atoms with Crippen LogP contribution in [0, 0.1) is 24.7 Å². The average molecular weight is 1020 g/mol. The van der Waals surface area contributed by atoms with Crippen molar-refractivity contribution < 1.29 is 48.1 Å². The lowest BCUT2D eigenvalue weighted by Crippen LogP contribution is -2.26. The first kappa shape index (κ1) is 56.7. The number of anilines is 2. The van der Waals surface area contributed by atoms with E-state index in [9.17, 15) is 28.8 Å². The van der Waals surface area contributed by atoms with Crippen molar-refractivity contribution >= 4 is 82.8 Å². The van der Waals surface area contributed by atoms with Gasteiger partial charge < -0.3 is 29.1 Å². The van der Waals surface area contributed by atoms with Gasteiger partial charge in [0.05, 0.1) is 10.8 Å². The zero-order valence-electron chi connectivity index (χ0n) is 38.3. The maximum absolute atomic E-state index is 12.0. The fourth-order valence-electron chi connectivity index (χ4n) is 5.77. The van der Waals surface area contributed by atoms with Crippen LogP contribution in [0.1, 0.15) is 110 Å². The lowest BCUT2D eigenvalue weighted by atomic mass is 9.98. The van der Waals surface area contributed by atoms with E-state index in [1.807, 2.05) is 154 Å². The van der Waals surface area contributed by atoms with Crippen LogP contribution in [0.15, 0.2) is 97.1 Å². The van der Waals surface area contributed by atoms with Gasteiger partial charge in [0.25, 0.3) is 0 Å². The van der Waals surface area contributed by atoms with E-state index in [0.717, 1.165) is 46.2 Å². The van der Waals surface area contributed by atoms with Crippen LogP contribution in [-0.4, -0.2) is 66.1 Å². The minimum atomic E-state index is -0.801. The number of alkyl halides is 1. The van der Waals surface area contributed by atoms with Gasteiger partial charge in [-0.1, -0.05) is 72.8 Å². The number of hydrogen-bond acceptors (Lipinski definition) is 11. The summed E-state index contributed by atoms with van der Waals surface area (Å²) in [6.07, 6.45) is 3.07. The van der Waals surface area contributed by atoms with Crippen LogP contribution in [0.5, 0.6) is 0 Å². The molecule has 0 bridgehead atoms. The lowest BCUT2D eigenvalue weighted by molar-refractivity contribution is -0.173. The molecule has 4 aromatic carbocycles. The molecule has 1 N–H and O–H groups in total. The van der Waals surface area contributed by atoms with Gasteiger partial charge in [-0.2, -0.15) is 0 Å². The predicted octanol–water partition coefficient (Wildman–Crippen LogP) is 10.8. The van der Waals surface area contributed by atoms with E-state index in [2.05, 4.69) is 9.80 Å². The average Bonchev–Trinajstić information content (AvgIpc) is 3.23. The number of carbonyl (C=O) groups is 6. The molecule has 14 heteroatoms. The minimum absolute atomic E-state index is 0. The van der Waals surface area contributed by atoms with Gasteiger partial charge in [-0.3, -0.25) is 28.8 Å². The van der Waals surface area contributed by atoms with E-state index in [1.54, 1.807) is 20.8 Å². The molecule has 0 heterocycles. The molecular formula is C50H64ClIN2O10. The minimum Gasteiger partial charge on any atom is -0.481 e. The fraction of sp³-hybridized carbons (Fsp3) is 0.400. The number of aldehydes is 2. The summed E-state index contributed by atoms with van der Waals surface area (Å²) in [5.41, 5.74) is 6.29. The van der Waals surface area contributed by atoms with Gasteiger partial charge in [-0.25, -0.2) is 0 Å². The number of rotatable bonds is 19. The largest absolute Gasteiger partial charge is 0.481 e. The van der Waals surface area contributed by atoms with Crippen LogP contribution in [-0.2, 0) is 46.5 Å². The molecule has 0 aliphatic heterocycles. The van der Waals surface area contributed by atoms with E-state index >= 15 is 0 Å². The molecule has 0 amide bonds. The monoisotopic (exact) mass is 1010 g/mol. The Hall–Kier alpha value is -5.28. The summed E-state index contributed by atoms with van der Waals surface area (Å²) in [4.78, 5) is 72.5. The molecular weight excluding hydrogens is 951 g/mol. The summed E-state index contributed by atoms with van der Waals surface area (Å²) in [6.45, 7) is 16.7. The number of aliphatic carboxylic acids is 1. The van der Waals surface area contributed by atoms with Gasteiger partial charge in [-0.15, -0.1) is 12.4 Å². The standard InChI is InChI=1S/C25H31NO5.C19H21NO3.C6H11IO2.ClH/c1-19-12-13-21(17-27)22(15-19)26(16-20-9-6-5-7-10-20)14-8-11-23(28)30-18-31-24(29)25(2,3)4;1-15-9-10-17(14-21)18(12-15)20(11-5-8-19(22)23)13-16-6-3-2-4-7-16;1-6(2,3)5(8)9-4-7;/h5-7,9-10,12-13,15,17H,8,11,14,16,18H2,1-4H3;2-4,6-7,9-10,12,14H,5,8,11,13H2,1H3,(H,22,23);4H2,1-3H3;1H. The Morgan fingerprint density at radius 2 is 1.02 bits per heavy atom. The number of hydrogen-bond donors (Lipinski definition) is 1. The number of benzene rings is 4.